The number of ether oxygens (including phenoxy) is 1. The molecule has 144 valence electrons. The minimum absolute atomic E-state index is 0.00847. The highest BCUT2D eigenvalue weighted by molar-refractivity contribution is 7.89. The Morgan fingerprint density at radius 3 is 2.27 bits per heavy atom. The van der Waals surface area contributed by atoms with E-state index in [2.05, 4.69) is 10.3 Å². The number of pyridine rings is 1. The van der Waals surface area contributed by atoms with E-state index in [1.165, 1.54) is 0 Å². The van der Waals surface area contributed by atoms with Crippen LogP contribution in [0.15, 0.2) is 23.4 Å². The summed E-state index contributed by atoms with van der Waals surface area (Å²) < 4.78 is 69.9. The van der Waals surface area contributed by atoms with Crippen molar-refractivity contribution in [3.63, 3.8) is 0 Å². The summed E-state index contributed by atoms with van der Waals surface area (Å²) in [6, 6.07) is 1.52. The van der Waals surface area contributed by atoms with E-state index < -0.39 is 38.1 Å². The Kier molecular flexibility index (Phi) is 4.32. The van der Waals surface area contributed by atoms with Crippen LogP contribution in [0.2, 0.25) is 0 Å². The highest BCUT2D eigenvalue weighted by Gasteiger charge is 2.53. The normalized spacial score (nSPS) is 23.2. The molecule has 1 aromatic rings. The van der Waals surface area contributed by atoms with Gasteiger partial charge in [0.1, 0.15) is 5.72 Å². The van der Waals surface area contributed by atoms with E-state index in [1.54, 1.807) is 13.8 Å². The maximum Gasteiger partial charge on any atom is 0.417 e. The van der Waals surface area contributed by atoms with Gasteiger partial charge in [-0.3, -0.25) is 4.79 Å². The fourth-order valence-electron chi connectivity index (χ4n) is 3.20. The Balaban J connectivity index is 1.75. The number of piperidine rings is 1. The van der Waals surface area contributed by atoms with Gasteiger partial charge in [-0.05, 0) is 38.8 Å². The Hall–Kier alpha value is -1.72. The van der Waals surface area contributed by atoms with Gasteiger partial charge in [0.05, 0.1) is 5.56 Å². The minimum Gasteiger partial charge on any atom is -0.340 e. The van der Waals surface area contributed by atoms with Gasteiger partial charge in [-0.25, -0.2) is 13.4 Å². The Bertz CT molecular complexity index is 814. The quantitative estimate of drug-likeness (QED) is 0.823. The van der Waals surface area contributed by atoms with E-state index in [4.69, 9.17) is 4.74 Å². The van der Waals surface area contributed by atoms with Crippen LogP contribution < -0.4 is 5.32 Å². The molecule has 2 aliphatic heterocycles. The molecule has 3 rings (SSSR count). The molecule has 3 heterocycles. The highest BCUT2D eigenvalue weighted by atomic mass is 32.2. The van der Waals surface area contributed by atoms with E-state index in [0.717, 1.165) is 10.4 Å². The molecule has 0 bridgehead atoms. The fourth-order valence-corrected chi connectivity index (χ4v) is 4.55. The van der Waals surface area contributed by atoms with Crippen molar-refractivity contribution in [1.82, 2.24) is 14.6 Å². The van der Waals surface area contributed by atoms with Crippen LogP contribution in [-0.2, 0) is 25.7 Å². The van der Waals surface area contributed by atoms with Crippen LogP contribution in [0, 0.1) is 0 Å². The molecular formula is C15H18F3N3O4S. The average Bonchev–Trinajstić information content (AvgIpc) is 2.75. The van der Waals surface area contributed by atoms with Crippen molar-refractivity contribution < 1.29 is 31.1 Å². The SMILES string of the molecule is CC1(C)NC(=O)C2(CCN(S(=O)(=O)c3ccc(C(F)(F)F)cn3)CC2)O1. The molecule has 1 amide bonds. The standard InChI is InChI=1S/C15H18F3N3O4S/c1-13(2)20-12(22)14(25-13)5-7-21(8-6-14)26(23,24)11-4-3-10(9-19-11)15(16,17)18/h3-4,9H,5-8H2,1-2H3,(H,20,22). The van der Waals surface area contributed by atoms with Gasteiger partial charge < -0.3 is 10.1 Å². The molecule has 1 aromatic heterocycles. The zero-order valence-corrected chi connectivity index (χ0v) is 14.9. The van der Waals surface area contributed by atoms with Crippen LogP contribution in [0.3, 0.4) is 0 Å². The summed E-state index contributed by atoms with van der Waals surface area (Å²) >= 11 is 0. The summed E-state index contributed by atoms with van der Waals surface area (Å²) in [7, 11) is -4.05. The molecule has 0 saturated carbocycles. The monoisotopic (exact) mass is 393 g/mol. The Morgan fingerprint density at radius 2 is 1.85 bits per heavy atom. The van der Waals surface area contributed by atoms with Gasteiger partial charge in [0, 0.05) is 19.3 Å². The van der Waals surface area contributed by atoms with Crippen molar-refractivity contribution in [3.05, 3.63) is 23.9 Å². The lowest BCUT2D eigenvalue weighted by Gasteiger charge is -2.36. The van der Waals surface area contributed by atoms with Gasteiger partial charge in [0.25, 0.3) is 15.9 Å². The number of halogens is 3. The van der Waals surface area contributed by atoms with Crippen molar-refractivity contribution in [2.75, 3.05) is 13.1 Å². The van der Waals surface area contributed by atoms with E-state index in [9.17, 15) is 26.4 Å². The molecule has 1 spiro atoms. The third-order valence-electron chi connectivity index (χ3n) is 4.48. The lowest BCUT2D eigenvalue weighted by Crippen LogP contribution is -2.51. The number of carbonyl (C=O) groups excluding carboxylic acids is 1. The van der Waals surface area contributed by atoms with Crippen LogP contribution in [-0.4, -0.2) is 48.0 Å². The maximum absolute atomic E-state index is 12.6. The molecule has 2 saturated heterocycles. The van der Waals surface area contributed by atoms with Gasteiger partial charge >= 0.3 is 6.18 Å². The summed E-state index contributed by atoms with van der Waals surface area (Å²) in [4.78, 5) is 15.7. The average molecular weight is 393 g/mol. The van der Waals surface area contributed by atoms with Gasteiger partial charge in [0.15, 0.2) is 10.6 Å². The maximum atomic E-state index is 12.6. The molecule has 0 aromatic carbocycles. The highest BCUT2D eigenvalue weighted by Crippen LogP contribution is 2.37. The number of alkyl halides is 3. The zero-order chi connectivity index (χ0) is 19.4. The molecule has 0 unspecified atom stereocenters. The van der Waals surface area contributed by atoms with E-state index in [1.807, 2.05) is 0 Å². The fraction of sp³-hybridized carbons (Fsp3) is 0.600. The van der Waals surface area contributed by atoms with Gasteiger partial charge in [-0.2, -0.15) is 17.5 Å². The first-order valence-corrected chi connectivity index (χ1v) is 9.36. The number of hydrogen-bond acceptors (Lipinski definition) is 5. The third kappa shape index (κ3) is 3.30. The van der Waals surface area contributed by atoms with Gasteiger partial charge in [-0.15, -0.1) is 0 Å². The predicted molar refractivity (Wildman–Crippen MR) is 83.3 cm³/mol. The number of sulfonamides is 1. The summed E-state index contributed by atoms with van der Waals surface area (Å²) in [5, 5.41) is 2.25. The number of amides is 1. The van der Waals surface area contributed by atoms with Crippen molar-refractivity contribution in [2.45, 2.75) is 49.2 Å². The first-order chi connectivity index (χ1) is 11.9. The first-order valence-electron chi connectivity index (χ1n) is 7.92. The summed E-state index contributed by atoms with van der Waals surface area (Å²) in [6.07, 6.45) is -3.79. The molecule has 7 nitrogen and oxygen atoms in total. The Labute approximate surface area is 148 Å². The second-order valence-corrected chi connectivity index (χ2v) is 8.73. The largest absolute Gasteiger partial charge is 0.417 e. The summed E-state index contributed by atoms with van der Waals surface area (Å²) in [5.41, 5.74) is -2.93. The molecule has 2 aliphatic rings. The van der Waals surface area contributed by atoms with Crippen LogP contribution in [0.1, 0.15) is 32.3 Å². The van der Waals surface area contributed by atoms with Crippen LogP contribution >= 0.6 is 0 Å². The second-order valence-electron chi connectivity index (χ2n) is 6.85. The van der Waals surface area contributed by atoms with Crippen molar-refractivity contribution in [2.24, 2.45) is 0 Å². The number of nitrogens with zero attached hydrogens (tertiary/aromatic N) is 2. The molecule has 26 heavy (non-hydrogen) atoms. The lowest BCUT2D eigenvalue weighted by atomic mass is 9.92. The summed E-state index contributed by atoms with van der Waals surface area (Å²) in [5.74, 6) is -0.285. The third-order valence-corrected chi connectivity index (χ3v) is 6.29. The topological polar surface area (TPSA) is 88.6 Å². The number of hydrogen-bond donors (Lipinski definition) is 1. The molecular weight excluding hydrogens is 375 g/mol. The van der Waals surface area contributed by atoms with Crippen LogP contribution in [0.25, 0.3) is 0 Å². The smallest absolute Gasteiger partial charge is 0.340 e. The van der Waals surface area contributed by atoms with Crippen LogP contribution in [0.5, 0.6) is 0 Å². The number of carbonyl (C=O) groups is 1. The van der Waals surface area contributed by atoms with Crippen molar-refractivity contribution in [1.29, 1.82) is 0 Å². The molecule has 1 N–H and O–H groups in total. The molecule has 2 fully saturated rings. The molecule has 0 radical (unpaired) electrons. The lowest BCUT2D eigenvalue weighted by molar-refractivity contribution is -0.144. The number of aromatic nitrogens is 1. The van der Waals surface area contributed by atoms with Gasteiger partial charge in [-0.1, -0.05) is 0 Å². The first kappa shape index (κ1) is 19.1. The minimum atomic E-state index is -4.59. The Morgan fingerprint density at radius 1 is 1.23 bits per heavy atom. The van der Waals surface area contributed by atoms with E-state index in [0.29, 0.717) is 12.3 Å². The number of rotatable bonds is 2. The molecule has 0 aliphatic carbocycles. The van der Waals surface area contributed by atoms with E-state index in [-0.39, 0.29) is 31.8 Å². The molecule has 0 atom stereocenters. The second kappa shape index (κ2) is 5.89. The van der Waals surface area contributed by atoms with Crippen molar-refractivity contribution >= 4 is 15.9 Å². The van der Waals surface area contributed by atoms with Crippen LogP contribution in [0.4, 0.5) is 13.2 Å². The van der Waals surface area contributed by atoms with Gasteiger partial charge in [0.2, 0.25) is 0 Å². The predicted octanol–water partition coefficient (Wildman–Crippen LogP) is 1.51. The summed E-state index contributed by atoms with van der Waals surface area (Å²) in [6.45, 7) is 3.42. The van der Waals surface area contributed by atoms with E-state index >= 15 is 0 Å². The van der Waals surface area contributed by atoms with Crippen molar-refractivity contribution in [3.8, 4) is 0 Å². The zero-order valence-electron chi connectivity index (χ0n) is 14.1. The molecule has 11 heteroatoms. The number of nitrogens with one attached hydrogen (secondary N) is 1.